The van der Waals surface area contributed by atoms with Gasteiger partial charge in [-0.2, -0.15) is 5.10 Å². The number of rotatable bonds is 6. The molecule has 1 saturated carbocycles. The maximum absolute atomic E-state index is 12.7. The number of carbonyl (C=O) groups excluding carboxylic acids is 1. The van der Waals surface area contributed by atoms with Gasteiger partial charge < -0.3 is 10.2 Å². The molecule has 3 heterocycles. The monoisotopic (exact) mass is 403 g/mol. The molecule has 2 N–H and O–H groups in total. The van der Waals surface area contributed by atoms with Crippen LogP contribution in [0, 0.1) is 5.92 Å². The number of benzene rings is 1. The molecule has 1 atom stereocenters. The highest BCUT2D eigenvalue weighted by atomic mass is 16.2. The van der Waals surface area contributed by atoms with Crippen LogP contribution in [0.5, 0.6) is 0 Å². The van der Waals surface area contributed by atoms with Gasteiger partial charge in [-0.25, -0.2) is 4.98 Å². The van der Waals surface area contributed by atoms with Crippen LogP contribution in [0.2, 0.25) is 0 Å². The van der Waals surface area contributed by atoms with Crippen LogP contribution in [-0.2, 0) is 11.2 Å². The maximum atomic E-state index is 12.7. The van der Waals surface area contributed by atoms with Gasteiger partial charge in [-0.15, -0.1) is 0 Å². The predicted molar refractivity (Wildman–Crippen MR) is 118 cm³/mol. The number of fused-ring (bicyclic) bond motifs is 1. The Morgan fingerprint density at radius 1 is 1.10 bits per heavy atom. The van der Waals surface area contributed by atoms with Crippen molar-refractivity contribution in [3.63, 3.8) is 0 Å². The zero-order valence-corrected chi connectivity index (χ0v) is 17.3. The molecular formula is C24H29N5O. The zero-order chi connectivity index (χ0) is 20.3. The van der Waals surface area contributed by atoms with E-state index in [9.17, 15) is 4.79 Å². The van der Waals surface area contributed by atoms with Gasteiger partial charge in [-0.05, 0) is 43.4 Å². The van der Waals surface area contributed by atoms with Crippen LogP contribution in [0.1, 0.15) is 49.3 Å². The fourth-order valence-electron chi connectivity index (χ4n) is 4.88. The Balaban J connectivity index is 1.22. The Morgan fingerprint density at radius 3 is 2.77 bits per heavy atom. The third kappa shape index (κ3) is 3.91. The standard InChI is InChI=1S/C24H29N5O/c30-24(18-8-4-5-9-18)29-15-13-19(16-29)21-11-10-20-22(27-28-23(20)26-21)25-14-12-17-6-2-1-3-7-17/h1-3,6-7,10-11,18-19H,4-5,8-9,12-16H2,(H2,25,26,27,28)/t19-/m0/s1. The maximum Gasteiger partial charge on any atom is 0.225 e. The van der Waals surface area contributed by atoms with E-state index in [-0.39, 0.29) is 5.92 Å². The minimum Gasteiger partial charge on any atom is -0.368 e. The summed E-state index contributed by atoms with van der Waals surface area (Å²) in [4.78, 5) is 19.6. The minimum atomic E-state index is 0.260. The summed E-state index contributed by atoms with van der Waals surface area (Å²) in [5.41, 5.74) is 3.18. The van der Waals surface area contributed by atoms with E-state index in [0.717, 1.165) is 67.9 Å². The number of aromatic nitrogens is 3. The number of nitrogens with zero attached hydrogens (tertiary/aromatic N) is 3. The molecule has 6 nitrogen and oxygen atoms in total. The first-order valence-corrected chi connectivity index (χ1v) is 11.2. The molecule has 156 valence electrons. The number of likely N-dealkylation sites (tertiary alicyclic amines) is 1. The first-order valence-electron chi connectivity index (χ1n) is 11.2. The first kappa shape index (κ1) is 19.1. The Kier molecular flexibility index (Phi) is 5.39. The van der Waals surface area contributed by atoms with Crippen LogP contribution < -0.4 is 5.32 Å². The van der Waals surface area contributed by atoms with Crippen LogP contribution >= 0.6 is 0 Å². The molecule has 1 saturated heterocycles. The summed E-state index contributed by atoms with van der Waals surface area (Å²) < 4.78 is 0. The van der Waals surface area contributed by atoms with Gasteiger partial charge in [0.25, 0.3) is 0 Å². The first-order chi connectivity index (χ1) is 14.8. The van der Waals surface area contributed by atoms with Crippen molar-refractivity contribution in [3.8, 4) is 0 Å². The highest BCUT2D eigenvalue weighted by molar-refractivity contribution is 5.87. The zero-order valence-electron chi connectivity index (χ0n) is 17.3. The fourth-order valence-corrected chi connectivity index (χ4v) is 4.88. The van der Waals surface area contributed by atoms with Gasteiger partial charge in [-0.1, -0.05) is 43.2 Å². The molecule has 1 aromatic carbocycles. The van der Waals surface area contributed by atoms with Gasteiger partial charge in [0.2, 0.25) is 5.91 Å². The molecule has 0 bridgehead atoms. The molecule has 6 heteroatoms. The van der Waals surface area contributed by atoms with E-state index in [0.29, 0.717) is 11.8 Å². The minimum absolute atomic E-state index is 0.260. The number of carbonyl (C=O) groups is 1. The quantitative estimate of drug-likeness (QED) is 0.649. The van der Waals surface area contributed by atoms with E-state index in [4.69, 9.17) is 4.98 Å². The number of anilines is 1. The molecule has 0 spiro atoms. The van der Waals surface area contributed by atoms with Crippen molar-refractivity contribution in [1.29, 1.82) is 0 Å². The lowest BCUT2D eigenvalue weighted by atomic mass is 10.0. The van der Waals surface area contributed by atoms with Crippen molar-refractivity contribution in [2.75, 3.05) is 25.0 Å². The van der Waals surface area contributed by atoms with Crippen LogP contribution in [0.4, 0.5) is 5.82 Å². The lowest BCUT2D eigenvalue weighted by molar-refractivity contribution is -0.134. The second kappa shape index (κ2) is 8.46. The van der Waals surface area contributed by atoms with E-state index in [1.165, 1.54) is 18.4 Å². The van der Waals surface area contributed by atoms with Gasteiger partial charge in [0.05, 0.1) is 5.39 Å². The summed E-state index contributed by atoms with van der Waals surface area (Å²) in [6, 6.07) is 14.7. The molecule has 1 aliphatic carbocycles. The molecule has 5 rings (SSSR count). The largest absolute Gasteiger partial charge is 0.368 e. The molecule has 30 heavy (non-hydrogen) atoms. The topological polar surface area (TPSA) is 73.9 Å². The van der Waals surface area contributed by atoms with E-state index in [1.54, 1.807) is 0 Å². The molecule has 1 amide bonds. The van der Waals surface area contributed by atoms with Crippen LogP contribution in [0.3, 0.4) is 0 Å². The number of hydrogen-bond donors (Lipinski definition) is 2. The normalized spacial score (nSPS) is 19.6. The third-order valence-electron chi connectivity index (χ3n) is 6.62. The third-order valence-corrected chi connectivity index (χ3v) is 6.62. The molecular weight excluding hydrogens is 374 g/mol. The molecule has 0 radical (unpaired) electrons. The van der Waals surface area contributed by atoms with E-state index < -0.39 is 0 Å². The van der Waals surface area contributed by atoms with Gasteiger partial charge in [0.1, 0.15) is 0 Å². The number of hydrogen-bond acceptors (Lipinski definition) is 4. The number of nitrogens with one attached hydrogen (secondary N) is 2. The number of H-pyrrole nitrogens is 1. The average molecular weight is 404 g/mol. The second-order valence-electron chi connectivity index (χ2n) is 8.62. The van der Waals surface area contributed by atoms with Crippen LogP contribution in [-0.4, -0.2) is 45.6 Å². The highest BCUT2D eigenvalue weighted by Gasteiger charge is 2.33. The van der Waals surface area contributed by atoms with Crippen molar-refractivity contribution >= 4 is 22.8 Å². The summed E-state index contributed by atoms with van der Waals surface area (Å²) >= 11 is 0. The van der Waals surface area contributed by atoms with Crippen LogP contribution in [0.15, 0.2) is 42.5 Å². The summed E-state index contributed by atoms with van der Waals surface area (Å²) in [6.07, 6.45) is 6.48. The van der Waals surface area contributed by atoms with E-state index in [1.807, 2.05) is 6.07 Å². The van der Waals surface area contributed by atoms with Gasteiger partial charge in [0, 0.05) is 37.2 Å². The smallest absolute Gasteiger partial charge is 0.225 e. The number of aromatic amines is 1. The van der Waals surface area contributed by atoms with Crippen molar-refractivity contribution in [3.05, 3.63) is 53.7 Å². The van der Waals surface area contributed by atoms with Crippen molar-refractivity contribution in [2.24, 2.45) is 5.92 Å². The average Bonchev–Trinajstić information content (AvgIpc) is 3.54. The fraction of sp³-hybridized carbons (Fsp3) is 0.458. The van der Waals surface area contributed by atoms with Gasteiger partial charge in [0.15, 0.2) is 11.5 Å². The molecule has 2 aromatic heterocycles. The molecule has 1 aliphatic heterocycles. The predicted octanol–water partition coefficient (Wildman–Crippen LogP) is 4.12. The van der Waals surface area contributed by atoms with Gasteiger partial charge in [-0.3, -0.25) is 9.89 Å². The van der Waals surface area contributed by atoms with Crippen molar-refractivity contribution in [1.82, 2.24) is 20.1 Å². The SMILES string of the molecule is O=C(C1CCCC1)N1CC[C@H](c2ccc3c(NCCc4ccccc4)n[nH]c3n2)C1. The molecule has 3 aromatic rings. The molecule has 0 unspecified atom stereocenters. The van der Waals surface area contributed by atoms with E-state index in [2.05, 4.69) is 56.8 Å². The summed E-state index contributed by atoms with van der Waals surface area (Å²) in [6.45, 7) is 2.48. The Bertz CT molecular complexity index is 1010. The number of amides is 1. The molecule has 2 fully saturated rings. The van der Waals surface area contributed by atoms with E-state index >= 15 is 0 Å². The Morgan fingerprint density at radius 2 is 1.93 bits per heavy atom. The molecule has 2 aliphatic rings. The van der Waals surface area contributed by atoms with Crippen molar-refractivity contribution in [2.45, 2.75) is 44.4 Å². The van der Waals surface area contributed by atoms with Gasteiger partial charge >= 0.3 is 0 Å². The van der Waals surface area contributed by atoms with Crippen molar-refractivity contribution < 1.29 is 4.79 Å². The Hall–Kier alpha value is -2.89. The second-order valence-corrected chi connectivity index (χ2v) is 8.62. The number of pyridine rings is 1. The summed E-state index contributed by atoms with van der Waals surface area (Å²) in [7, 11) is 0. The summed E-state index contributed by atoms with van der Waals surface area (Å²) in [5, 5.41) is 11.9. The highest BCUT2D eigenvalue weighted by Crippen LogP contribution is 2.32. The van der Waals surface area contributed by atoms with Crippen LogP contribution in [0.25, 0.3) is 11.0 Å². The lowest BCUT2D eigenvalue weighted by Gasteiger charge is -2.20. The Labute approximate surface area is 177 Å². The summed E-state index contributed by atoms with van der Waals surface area (Å²) in [5.74, 6) is 1.79. The lowest BCUT2D eigenvalue weighted by Crippen LogP contribution is -2.33.